The van der Waals surface area contributed by atoms with Gasteiger partial charge in [0, 0.05) is 6.42 Å². The van der Waals surface area contributed by atoms with Crippen LogP contribution in [0.4, 0.5) is 13.2 Å². The zero-order chi connectivity index (χ0) is 9.19. The predicted octanol–water partition coefficient (Wildman–Crippen LogP) is 1.74. The van der Waals surface area contributed by atoms with Crippen molar-refractivity contribution in [2.24, 2.45) is 0 Å². The third-order valence-electron chi connectivity index (χ3n) is 1.18. The summed E-state index contributed by atoms with van der Waals surface area (Å²) < 4.78 is 39.5. The molecular weight excluding hydrogens is 173 g/mol. The molecule has 1 aromatic heterocycles. The van der Waals surface area contributed by atoms with E-state index in [9.17, 15) is 13.2 Å². The van der Waals surface area contributed by atoms with E-state index in [0.717, 1.165) is 0 Å². The lowest BCUT2D eigenvalue weighted by molar-refractivity contribution is -0.131. The second-order valence-corrected chi connectivity index (χ2v) is 2.25. The molecule has 0 aliphatic carbocycles. The van der Waals surface area contributed by atoms with E-state index in [0.29, 0.717) is 12.2 Å². The van der Waals surface area contributed by atoms with E-state index >= 15 is 0 Å². The van der Waals surface area contributed by atoms with Crippen molar-refractivity contribution in [3.63, 3.8) is 0 Å². The fourth-order valence-electron chi connectivity index (χ4n) is 0.677. The van der Waals surface area contributed by atoms with Gasteiger partial charge in [0.05, 0.1) is 0 Å². The molecule has 0 radical (unpaired) electrons. The van der Waals surface area contributed by atoms with Crippen molar-refractivity contribution >= 4 is 0 Å². The highest BCUT2D eigenvalue weighted by atomic mass is 19.4. The normalized spacial score (nSPS) is 12.0. The number of hydrogen-bond acceptors (Lipinski definition) is 3. The average molecular weight is 180 g/mol. The Morgan fingerprint density at radius 3 is 2.50 bits per heavy atom. The number of halogens is 3. The zero-order valence-corrected chi connectivity index (χ0v) is 6.35. The standard InChI is InChI=1S/C6H7F3N2O/c1-2-4-10-5(12-11-4)3-6(7,8)9/h2-3H2,1H3. The summed E-state index contributed by atoms with van der Waals surface area (Å²) in [6, 6.07) is 0. The first-order valence-corrected chi connectivity index (χ1v) is 3.39. The van der Waals surface area contributed by atoms with Crippen molar-refractivity contribution in [3.8, 4) is 0 Å². The summed E-state index contributed by atoms with van der Waals surface area (Å²) in [5.74, 6) is -0.0754. The first kappa shape index (κ1) is 9.02. The van der Waals surface area contributed by atoms with Crippen LogP contribution in [0.25, 0.3) is 0 Å². The van der Waals surface area contributed by atoms with Crippen LogP contribution in [-0.4, -0.2) is 16.3 Å². The Labute approximate surface area is 66.6 Å². The van der Waals surface area contributed by atoms with Gasteiger partial charge in [-0.25, -0.2) is 0 Å². The molecule has 0 aliphatic rings. The minimum atomic E-state index is -4.28. The van der Waals surface area contributed by atoms with Gasteiger partial charge < -0.3 is 4.52 Å². The lowest BCUT2D eigenvalue weighted by atomic mass is 10.4. The van der Waals surface area contributed by atoms with Gasteiger partial charge in [0.1, 0.15) is 6.42 Å². The first-order chi connectivity index (χ1) is 5.51. The fourth-order valence-corrected chi connectivity index (χ4v) is 0.677. The van der Waals surface area contributed by atoms with Gasteiger partial charge in [-0.15, -0.1) is 0 Å². The molecule has 1 heterocycles. The van der Waals surface area contributed by atoms with E-state index in [1.807, 2.05) is 0 Å². The Morgan fingerprint density at radius 2 is 2.08 bits per heavy atom. The van der Waals surface area contributed by atoms with E-state index in [4.69, 9.17) is 0 Å². The van der Waals surface area contributed by atoms with E-state index in [1.54, 1.807) is 6.92 Å². The van der Waals surface area contributed by atoms with Crippen molar-refractivity contribution in [1.29, 1.82) is 0 Å². The van der Waals surface area contributed by atoms with Crippen LogP contribution in [0.2, 0.25) is 0 Å². The summed E-state index contributed by atoms with van der Waals surface area (Å²) >= 11 is 0. The molecule has 12 heavy (non-hydrogen) atoms. The Bertz CT molecular complexity index is 256. The lowest BCUT2D eigenvalue weighted by Gasteiger charge is -1.99. The Kier molecular flexibility index (Phi) is 2.35. The van der Waals surface area contributed by atoms with Crippen molar-refractivity contribution in [1.82, 2.24) is 10.1 Å². The molecule has 0 saturated carbocycles. The number of hydrogen-bond donors (Lipinski definition) is 0. The van der Waals surface area contributed by atoms with Crippen LogP contribution in [-0.2, 0) is 12.8 Å². The Hall–Kier alpha value is -1.07. The number of nitrogens with zero attached hydrogens (tertiary/aromatic N) is 2. The molecule has 1 aromatic rings. The van der Waals surface area contributed by atoms with Crippen LogP contribution in [0.1, 0.15) is 18.6 Å². The number of alkyl halides is 3. The van der Waals surface area contributed by atoms with Gasteiger partial charge in [-0.05, 0) is 0 Å². The molecule has 0 aliphatic heterocycles. The van der Waals surface area contributed by atoms with Crippen LogP contribution in [0.5, 0.6) is 0 Å². The molecule has 0 bridgehead atoms. The molecule has 0 atom stereocenters. The van der Waals surface area contributed by atoms with Gasteiger partial charge in [0.25, 0.3) is 0 Å². The summed E-state index contributed by atoms with van der Waals surface area (Å²) in [4.78, 5) is 3.52. The third kappa shape index (κ3) is 2.52. The highest BCUT2D eigenvalue weighted by molar-refractivity contribution is 4.87. The van der Waals surface area contributed by atoms with Crippen molar-refractivity contribution in [2.45, 2.75) is 25.9 Å². The highest BCUT2D eigenvalue weighted by Gasteiger charge is 2.30. The van der Waals surface area contributed by atoms with Gasteiger partial charge in [-0.3, -0.25) is 0 Å². The summed E-state index contributed by atoms with van der Waals surface area (Å²) in [7, 11) is 0. The lowest BCUT2D eigenvalue weighted by Crippen LogP contribution is -2.11. The molecule has 0 amide bonds. The molecule has 0 aromatic carbocycles. The molecular formula is C6H7F3N2O. The molecule has 0 spiro atoms. The van der Waals surface area contributed by atoms with Crippen molar-refractivity contribution in [2.75, 3.05) is 0 Å². The van der Waals surface area contributed by atoms with Crippen LogP contribution < -0.4 is 0 Å². The smallest absolute Gasteiger partial charge is 0.339 e. The van der Waals surface area contributed by atoms with Gasteiger partial charge in [-0.1, -0.05) is 12.1 Å². The van der Waals surface area contributed by atoms with E-state index in [-0.39, 0.29) is 5.89 Å². The Morgan fingerprint density at radius 1 is 1.42 bits per heavy atom. The molecule has 68 valence electrons. The molecule has 3 nitrogen and oxygen atoms in total. The topological polar surface area (TPSA) is 38.9 Å². The van der Waals surface area contributed by atoms with Crippen molar-refractivity contribution < 1.29 is 17.7 Å². The maximum absolute atomic E-state index is 11.7. The van der Waals surface area contributed by atoms with Gasteiger partial charge in [0.15, 0.2) is 5.82 Å². The first-order valence-electron chi connectivity index (χ1n) is 3.39. The fraction of sp³-hybridized carbons (Fsp3) is 0.667. The largest absolute Gasteiger partial charge is 0.397 e. The highest BCUT2D eigenvalue weighted by Crippen LogP contribution is 2.19. The molecule has 0 saturated heterocycles. The van der Waals surface area contributed by atoms with Crippen molar-refractivity contribution in [3.05, 3.63) is 11.7 Å². The second kappa shape index (κ2) is 3.12. The zero-order valence-electron chi connectivity index (χ0n) is 6.35. The molecule has 0 fully saturated rings. The summed E-state index contributed by atoms with van der Waals surface area (Å²) in [5, 5.41) is 3.33. The SMILES string of the molecule is CCc1noc(CC(F)(F)F)n1. The van der Waals surface area contributed by atoms with Crippen LogP contribution in [0.15, 0.2) is 4.52 Å². The monoisotopic (exact) mass is 180 g/mol. The van der Waals surface area contributed by atoms with Crippen LogP contribution in [0, 0.1) is 0 Å². The maximum atomic E-state index is 11.7. The molecule has 0 N–H and O–H groups in total. The van der Waals surface area contributed by atoms with E-state index in [1.165, 1.54) is 0 Å². The summed E-state index contributed by atoms with van der Waals surface area (Å²) in [5.41, 5.74) is 0. The quantitative estimate of drug-likeness (QED) is 0.695. The predicted molar refractivity (Wildman–Crippen MR) is 33.4 cm³/mol. The van der Waals surface area contributed by atoms with E-state index in [2.05, 4.69) is 14.7 Å². The van der Waals surface area contributed by atoms with Crippen LogP contribution >= 0.6 is 0 Å². The van der Waals surface area contributed by atoms with Gasteiger partial charge >= 0.3 is 6.18 Å². The van der Waals surface area contributed by atoms with Crippen LogP contribution in [0.3, 0.4) is 0 Å². The third-order valence-corrected chi connectivity index (χ3v) is 1.18. The summed E-state index contributed by atoms with van der Waals surface area (Å²) in [6.07, 6.45) is -4.96. The minimum Gasteiger partial charge on any atom is -0.339 e. The second-order valence-electron chi connectivity index (χ2n) is 2.25. The Balaban J connectivity index is 2.64. The minimum absolute atomic E-state index is 0.300. The number of rotatable bonds is 2. The van der Waals surface area contributed by atoms with Gasteiger partial charge in [-0.2, -0.15) is 18.2 Å². The van der Waals surface area contributed by atoms with Gasteiger partial charge in [0.2, 0.25) is 5.89 Å². The van der Waals surface area contributed by atoms with E-state index < -0.39 is 12.6 Å². The molecule has 0 unspecified atom stereocenters. The maximum Gasteiger partial charge on any atom is 0.397 e. The number of aryl methyl sites for hydroxylation is 1. The average Bonchev–Trinajstić information content (AvgIpc) is 2.32. The number of aromatic nitrogens is 2. The summed E-state index contributed by atoms with van der Waals surface area (Å²) in [6.45, 7) is 1.74. The molecule has 1 rings (SSSR count). The molecule has 6 heteroatoms.